The molecule has 3 unspecified atom stereocenters. The van der Waals surface area contributed by atoms with Crippen LogP contribution in [-0.2, 0) is 4.74 Å². The molecule has 1 saturated carbocycles. The molecule has 2 aliphatic heterocycles. The van der Waals surface area contributed by atoms with E-state index in [1.54, 1.807) is 0 Å². The number of halogens is 1. The maximum Gasteiger partial charge on any atom is 0.193 e. The van der Waals surface area contributed by atoms with Gasteiger partial charge in [0.25, 0.3) is 0 Å². The maximum absolute atomic E-state index is 5.47. The summed E-state index contributed by atoms with van der Waals surface area (Å²) in [6.07, 6.45) is 2.53. The molecular weight excluding hydrogens is 379 g/mol. The number of hydrogen-bond donors (Lipinski definition) is 1. The molecule has 3 aliphatic rings. The second kappa shape index (κ2) is 7.97. The van der Waals surface area contributed by atoms with Gasteiger partial charge in [0.05, 0.1) is 6.61 Å². The summed E-state index contributed by atoms with van der Waals surface area (Å²) in [5.41, 5.74) is 0. The van der Waals surface area contributed by atoms with Gasteiger partial charge in [-0.3, -0.25) is 9.89 Å². The van der Waals surface area contributed by atoms with Gasteiger partial charge < -0.3 is 15.0 Å². The van der Waals surface area contributed by atoms with Crippen molar-refractivity contribution in [2.75, 3.05) is 53.0 Å². The number of guanidine groups is 1. The van der Waals surface area contributed by atoms with Crippen molar-refractivity contribution < 1.29 is 4.74 Å². The van der Waals surface area contributed by atoms with Crippen LogP contribution in [0.4, 0.5) is 0 Å². The Hall–Kier alpha value is -0.0800. The SMILES string of the molecule is CN=C(NC1CC1C)N1CCN(CC2CCOC2)CC1.I. The lowest BCUT2D eigenvalue weighted by Crippen LogP contribution is -2.53. The van der Waals surface area contributed by atoms with E-state index in [0.29, 0.717) is 6.04 Å². The molecule has 3 fully saturated rings. The molecular formula is C15H29IN4O. The minimum Gasteiger partial charge on any atom is -0.381 e. The smallest absolute Gasteiger partial charge is 0.193 e. The third-order valence-electron chi connectivity index (χ3n) is 4.85. The number of aliphatic imine (C=N–C) groups is 1. The fourth-order valence-electron chi connectivity index (χ4n) is 3.22. The van der Waals surface area contributed by atoms with Crippen LogP contribution in [0.15, 0.2) is 4.99 Å². The van der Waals surface area contributed by atoms with E-state index in [-0.39, 0.29) is 24.0 Å². The second-order valence-electron chi connectivity index (χ2n) is 6.53. The Labute approximate surface area is 145 Å². The third kappa shape index (κ3) is 4.69. The zero-order valence-electron chi connectivity index (χ0n) is 13.3. The molecule has 0 aromatic heterocycles. The summed E-state index contributed by atoms with van der Waals surface area (Å²) in [7, 11) is 1.90. The van der Waals surface area contributed by atoms with Crippen molar-refractivity contribution in [2.24, 2.45) is 16.8 Å². The lowest BCUT2D eigenvalue weighted by molar-refractivity contribution is 0.139. The van der Waals surface area contributed by atoms with Gasteiger partial charge in [-0.25, -0.2) is 0 Å². The van der Waals surface area contributed by atoms with Crippen LogP contribution in [0.5, 0.6) is 0 Å². The van der Waals surface area contributed by atoms with Crippen LogP contribution in [0.25, 0.3) is 0 Å². The largest absolute Gasteiger partial charge is 0.381 e. The lowest BCUT2D eigenvalue weighted by atomic mass is 10.1. The summed E-state index contributed by atoms with van der Waals surface area (Å²) in [6.45, 7) is 9.91. The summed E-state index contributed by atoms with van der Waals surface area (Å²) < 4.78 is 5.47. The van der Waals surface area contributed by atoms with Gasteiger partial charge in [0.1, 0.15) is 0 Å². The summed E-state index contributed by atoms with van der Waals surface area (Å²) in [5.74, 6) is 2.67. The van der Waals surface area contributed by atoms with Crippen molar-refractivity contribution >= 4 is 29.9 Å². The van der Waals surface area contributed by atoms with Crippen molar-refractivity contribution in [2.45, 2.75) is 25.8 Å². The van der Waals surface area contributed by atoms with Crippen molar-refractivity contribution in [3.05, 3.63) is 0 Å². The molecule has 0 aromatic carbocycles. The Bertz CT molecular complexity index is 352. The Kier molecular flexibility index (Phi) is 6.55. The number of piperazine rings is 1. The van der Waals surface area contributed by atoms with Gasteiger partial charge >= 0.3 is 0 Å². The molecule has 0 amide bonds. The summed E-state index contributed by atoms with van der Waals surface area (Å²) in [5, 5.41) is 3.59. The molecule has 0 radical (unpaired) electrons. The molecule has 0 spiro atoms. The zero-order valence-corrected chi connectivity index (χ0v) is 15.6. The maximum atomic E-state index is 5.47. The van der Waals surface area contributed by atoms with Crippen molar-refractivity contribution in [1.82, 2.24) is 15.1 Å². The monoisotopic (exact) mass is 408 g/mol. The van der Waals surface area contributed by atoms with Gasteiger partial charge in [-0.1, -0.05) is 6.92 Å². The average Bonchev–Trinajstić information content (AvgIpc) is 2.93. The number of hydrogen-bond acceptors (Lipinski definition) is 3. The lowest BCUT2D eigenvalue weighted by Gasteiger charge is -2.37. The number of nitrogens with one attached hydrogen (secondary N) is 1. The highest BCUT2D eigenvalue weighted by atomic mass is 127. The predicted molar refractivity (Wildman–Crippen MR) is 96.4 cm³/mol. The first-order chi connectivity index (χ1) is 9.76. The predicted octanol–water partition coefficient (Wildman–Crippen LogP) is 1.24. The van der Waals surface area contributed by atoms with Crippen LogP contribution in [0.2, 0.25) is 0 Å². The van der Waals surface area contributed by atoms with E-state index in [1.165, 1.54) is 19.4 Å². The highest BCUT2D eigenvalue weighted by molar-refractivity contribution is 14.0. The molecule has 5 nitrogen and oxygen atoms in total. The average molecular weight is 408 g/mol. The normalized spacial score (nSPS) is 33.7. The molecule has 0 aromatic rings. The number of rotatable bonds is 3. The first-order valence-corrected chi connectivity index (χ1v) is 8.04. The summed E-state index contributed by atoms with van der Waals surface area (Å²) in [4.78, 5) is 9.44. The quantitative estimate of drug-likeness (QED) is 0.434. The topological polar surface area (TPSA) is 40.1 Å². The van der Waals surface area contributed by atoms with Gasteiger partial charge in [0.2, 0.25) is 0 Å². The van der Waals surface area contributed by atoms with Gasteiger partial charge in [-0.2, -0.15) is 0 Å². The fourth-order valence-corrected chi connectivity index (χ4v) is 3.22. The summed E-state index contributed by atoms with van der Waals surface area (Å²) in [6, 6.07) is 0.655. The van der Waals surface area contributed by atoms with Gasteiger partial charge in [-0.15, -0.1) is 24.0 Å². The van der Waals surface area contributed by atoms with E-state index < -0.39 is 0 Å². The van der Waals surface area contributed by atoms with E-state index in [1.807, 2.05) is 7.05 Å². The van der Waals surface area contributed by atoms with Gasteiger partial charge in [0.15, 0.2) is 5.96 Å². The Balaban J connectivity index is 0.00000161. The van der Waals surface area contributed by atoms with Crippen molar-refractivity contribution in [3.63, 3.8) is 0 Å². The van der Waals surface area contributed by atoms with E-state index in [4.69, 9.17) is 4.74 Å². The minimum atomic E-state index is 0. The molecule has 1 N–H and O–H groups in total. The molecule has 122 valence electrons. The zero-order chi connectivity index (χ0) is 13.9. The first kappa shape index (κ1) is 17.3. The highest BCUT2D eigenvalue weighted by Crippen LogP contribution is 2.29. The van der Waals surface area contributed by atoms with Gasteiger partial charge in [0, 0.05) is 52.4 Å². The molecule has 3 rings (SSSR count). The Morgan fingerprint density at radius 2 is 2.00 bits per heavy atom. The molecule has 21 heavy (non-hydrogen) atoms. The van der Waals surface area contributed by atoms with E-state index in [9.17, 15) is 0 Å². The van der Waals surface area contributed by atoms with Gasteiger partial charge in [-0.05, 0) is 24.7 Å². The molecule has 0 bridgehead atoms. The molecule has 2 heterocycles. The van der Waals surface area contributed by atoms with E-state index >= 15 is 0 Å². The second-order valence-corrected chi connectivity index (χ2v) is 6.53. The molecule has 2 saturated heterocycles. The van der Waals surface area contributed by atoms with Crippen molar-refractivity contribution in [1.29, 1.82) is 0 Å². The fraction of sp³-hybridized carbons (Fsp3) is 0.933. The van der Waals surface area contributed by atoms with Crippen LogP contribution in [0.1, 0.15) is 19.8 Å². The number of ether oxygens (including phenoxy) is 1. The molecule has 3 atom stereocenters. The molecule has 6 heteroatoms. The van der Waals surface area contributed by atoms with E-state index in [2.05, 4.69) is 27.0 Å². The van der Waals surface area contributed by atoms with Crippen molar-refractivity contribution in [3.8, 4) is 0 Å². The highest BCUT2D eigenvalue weighted by Gasteiger charge is 2.34. The standard InChI is InChI=1S/C15H28N4O.HI/c1-12-9-14(12)17-15(16-2)19-6-4-18(5-7-19)10-13-3-8-20-11-13;/h12-14H,3-11H2,1-2H3,(H,16,17);1H. The minimum absolute atomic E-state index is 0. The summed E-state index contributed by atoms with van der Waals surface area (Å²) >= 11 is 0. The van der Waals surface area contributed by atoms with Crippen LogP contribution in [0.3, 0.4) is 0 Å². The van der Waals surface area contributed by atoms with Crippen LogP contribution in [0, 0.1) is 11.8 Å². The number of nitrogens with zero attached hydrogens (tertiary/aromatic N) is 3. The Morgan fingerprint density at radius 1 is 1.29 bits per heavy atom. The van der Waals surface area contributed by atoms with Crippen LogP contribution in [-0.4, -0.2) is 74.8 Å². The van der Waals surface area contributed by atoms with Crippen LogP contribution >= 0.6 is 24.0 Å². The van der Waals surface area contributed by atoms with E-state index in [0.717, 1.165) is 57.2 Å². The first-order valence-electron chi connectivity index (χ1n) is 8.04. The Morgan fingerprint density at radius 3 is 2.52 bits per heavy atom. The third-order valence-corrected chi connectivity index (χ3v) is 4.85. The molecule has 1 aliphatic carbocycles. The van der Waals surface area contributed by atoms with Crippen LogP contribution < -0.4 is 5.32 Å².